The van der Waals surface area contributed by atoms with Crippen LogP contribution in [0.4, 0.5) is 5.69 Å². The number of nitrogens with zero attached hydrogens (tertiary/aromatic N) is 1. The highest BCUT2D eigenvalue weighted by molar-refractivity contribution is 5.96. The zero-order valence-electron chi connectivity index (χ0n) is 12.6. The molecule has 0 aromatic heterocycles. The zero-order chi connectivity index (χ0) is 16.8. The first-order valence-electron chi connectivity index (χ1n) is 7.07. The summed E-state index contributed by atoms with van der Waals surface area (Å²) in [7, 11) is 0. The number of ketones is 1. The molecule has 2 rings (SSSR count). The van der Waals surface area contributed by atoms with Gasteiger partial charge in [0.1, 0.15) is 0 Å². The van der Waals surface area contributed by atoms with Crippen molar-refractivity contribution in [3.05, 3.63) is 75.8 Å². The molecule has 0 bridgehead atoms. The molecule has 23 heavy (non-hydrogen) atoms. The molecule has 1 atom stereocenters. The van der Waals surface area contributed by atoms with Crippen LogP contribution in [0, 0.1) is 10.1 Å². The van der Waals surface area contributed by atoms with Gasteiger partial charge in [0.15, 0.2) is 5.78 Å². The molecular formula is C17H16N2O4. The van der Waals surface area contributed by atoms with E-state index in [1.54, 1.807) is 48.5 Å². The van der Waals surface area contributed by atoms with E-state index in [1.165, 1.54) is 13.0 Å². The predicted octanol–water partition coefficient (Wildman–Crippen LogP) is 3.05. The van der Waals surface area contributed by atoms with Crippen LogP contribution in [0.5, 0.6) is 0 Å². The third kappa shape index (κ3) is 4.23. The minimum atomic E-state index is -0.748. The lowest BCUT2D eigenvalue weighted by molar-refractivity contribution is -0.385. The molecule has 6 heteroatoms. The SMILES string of the molecule is CC(=O)NC(CC(=O)c1ccccc1)c1ccccc1[N+](=O)[O-]. The van der Waals surface area contributed by atoms with Gasteiger partial charge in [-0.3, -0.25) is 19.7 Å². The van der Waals surface area contributed by atoms with Gasteiger partial charge in [0.2, 0.25) is 5.91 Å². The van der Waals surface area contributed by atoms with E-state index in [0.29, 0.717) is 11.1 Å². The number of amides is 1. The van der Waals surface area contributed by atoms with Crippen LogP contribution in [0.15, 0.2) is 54.6 Å². The Kier molecular flexibility index (Phi) is 5.19. The minimum Gasteiger partial charge on any atom is -0.349 e. The smallest absolute Gasteiger partial charge is 0.274 e. The number of nitrogens with one attached hydrogen (secondary N) is 1. The van der Waals surface area contributed by atoms with Gasteiger partial charge in [0.05, 0.1) is 16.5 Å². The van der Waals surface area contributed by atoms with Gasteiger partial charge >= 0.3 is 0 Å². The minimum absolute atomic E-state index is 0.0472. The number of carbonyl (C=O) groups is 2. The number of hydrogen-bond acceptors (Lipinski definition) is 4. The largest absolute Gasteiger partial charge is 0.349 e. The van der Waals surface area contributed by atoms with E-state index in [2.05, 4.69) is 5.32 Å². The number of para-hydroxylation sites is 1. The van der Waals surface area contributed by atoms with Crippen LogP contribution in [0.3, 0.4) is 0 Å². The molecule has 0 aliphatic carbocycles. The summed E-state index contributed by atoms with van der Waals surface area (Å²) < 4.78 is 0. The third-order valence-corrected chi connectivity index (χ3v) is 3.37. The zero-order valence-corrected chi connectivity index (χ0v) is 12.6. The first-order chi connectivity index (χ1) is 11.0. The van der Waals surface area contributed by atoms with Gasteiger partial charge in [-0.05, 0) is 0 Å². The second-order valence-corrected chi connectivity index (χ2v) is 5.06. The molecule has 0 saturated carbocycles. The Bertz CT molecular complexity index is 728. The highest BCUT2D eigenvalue weighted by Gasteiger charge is 2.25. The lowest BCUT2D eigenvalue weighted by atomic mass is 9.96. The Morgan fingerprint density at radius 3 is 2.30 bits per heavy atom. The monoisotopic (exact) mass is 312 g/mol. The fourth-order valence-electron chi connectivity index (χ4n) is 2.36. The van der Waals surface area contributed by atoms with Crippen LogP contribution in [0.2, 0.25) is 0 Å². The number of nitro groups is 1. The standard InChI is InChI=1S/C17H16N2O4/c1-12(20)18-15(11-17(21)13-7-3-2-4-8-13)14-9-5-6-10-16(14)19(22)23/h2-10,15H,11H2,1H3,(H,18,20). The van der Waals surface area contributed by atoms with Crippen molar-refractivity contribution in [1.29, 1.82) is 0 Å². The normalized spacial score (nSPS) is 11.5. The predicted molar refractivity (Wildman–Crippen MR) is 85.0 cm³/mol. The van der Waals surface area contributed by atoms with Gasteiger partial charge in [0.25, 0.3) is 5.69 Å². The second-order valence-electron chi connectivity index (χ2n) is 5.06. The molecule has 0 spiro atoms. The van der Waals surface area contributed by atoms with Crippen molar-refractivity contribution in [3.8, 4) is 0 Å². The van der Waals surface area contributed by atoms with Gasteiger partial charge in [-0.2, -0.15) is 0 Å². The van der Waals surface area contributed by atoms with Crippen LogP contribution in [-0.2, 0) is 4.79 Å². The summed E-state index contributed by atoms with van der Waals surface area (Å²) >= 11 is 0. The quantitative estimate of drug-likeness (QED) is 0.504. The van der Waals surface area contributed by atoms with Crippen LogP contribution >= 0.6 is 0 Å². The molecule has 1 unspecified atom stereocenters. The van der Waals surface area contributed by atoms with Crippen LogP contribution in [0.1, 0.15) is 35.3 Å². The van der Waals surface area contributed by atoms with Crippen LogP contribution in [0.25, 0.3) is 0 Å². The number of carbonyl (C=O) groups excluding carboxylic acids is 2. The molecule has 6 nitrogen and oxygen atoms in total. The summed E-state index contributed by atoms with van der Waals surface area (Å²) in [4.78, 5) is 34.5. The van der Waals surface area contributed by atoms with E-state index < -0.39 is 11.0 Å². The molecule has 0 aliphatic heterocycles. The molecule has 1 N–H and O–H groups in total. The number of benzene rings is 2. The van der Waals surface area contributed by atoms with E-state index in [1.807, 2.05) is 0 Å². The highest BCUT2D eigenvalue weighted by Crippen LogP contribution is 2.28. The number of rotatable bonds is 6. The Hall–Kier alpha value is -3.02. The summed E-state index contributed by atoms with van der Waals surface area (Å²) in [6.45, 7) is 1.31. The average molecular weight is 312 g/mol. The lowest BCUT2D eigenvalue weighted by Gasteiger charge is -2.17. The van der Waals surface area contributed by atoms with E-state index in [-0.39, 0.29) is 23.8 Å². The summed E-state index contributed by atoms with van der Waals surface area (Å²) in [5.74, 6) is -0.545. The number of hydrogen-bond donors (Lipinski definition) is 1. The Labute approximate surface area is 133 Å². The maximum Gasteiger partial charge on any atom is 0.274 e. The van der Waals surface area contributed by atoms with Gasteiger partial charge in [-0.15, -0.1) is 0 Å². The van der Waals surface area contributed by atoms with Crippen molar-refractivity contribution in [2.45, 2.75) is 19.4 Å². The second kappa shape index (κ2) is 7.31. The van der Waals surface area contributed by atoms with Gasteiger partial charge in [-0.1, -0.05) is 48.5 Å². The average Bonchev–Trinajstić information content (AvgIpc) is 2.54. The van der Waals surface area contributed by atoms with Crippen LogP contribution in [-0.4, -0.2) is 16.6 Å². The van der Waals surface area contributed by atoms with Crippen molar-refractivity contribution in [2.24, 2.45) is 0 Å². The van der Waals surface area contributed by atoms with E-state index in [4.69, 9.17) is 0 Å². The highest BCUT2D eigenvalue weighted by atomic mass is 16.6. The van der Waals surface area contributed by atoms with Crippen molar-refractivity contribution in [3.63, 3.8) is 0 Å². The molecule has 1 amide bonds. The van der Waals surface area contributed by atoms with Gasteiger partial charge < -0.3 is 5.32 Å². The molecule has 0 fully saturated rings. The number of nitro benzene ring substituents is 1. The van der Waals surface area contributed by atoms with Gasteiger partial charge in [0, 0.05) is 25.0 Å². The summed E-state index contributed by atoms with van der Waals surface area (Å²) in [6.07, 6.45) is -0.0472. The summed E-state index contributed by atoms with van der Waals surface area (Å²) in [5, 5.41) is 13.8. The topological polar surface area (TPSA) is 89.3 Å². The van der Waals surface area contributed by atoms with E-state index in [0.717, 1.165) is 0 Å². The maximum atomic E-state index is 12.4. The molecule has 0 heterocycles. The Morgan fingerprint density at radius 1 is 1.09 bits per heavy atom. The summed E-state index contributed by atoms with van der Waals surface area (Å²) in [5.41, 5.74) is 0.700. The van der Waals surface area contributed by atoms with Crippen molar-refractivity contribution in [2.75, 3.05) is 0 Å². The lowest BCUT2D eigenvalue weighted by Crippen LogP contribution is -2.28. The molecule has 0 aliphatic rings. The molecular weight excluding hydrogens is 296 g/mol. The molecule has 0 radical (unpaired) electrons. The Morgan fingerprint density at radius 2 is 1.70 bits per heavy atom. The van der Waals surface area contributed by atoms with E-state index in [9.17, 15) is 19.7 Å². The maximum absolute atomic E-state index is 12.4. The fourth-order valence-corrected chi connectivity index (χ4v) is 2.36. The van der Waals surface area contributed by atoms with Crippen molar-refractivity contribution >= 4 is 17.4 Å². The molecule has 0 saturated heterocycles. The fraction of sp³-hybridized carbons (Fsp3) is 0.176. The van der Waals surface area contributed by atoms with E-state index >= 15 is 0 Å². The molecule has 2 aromatic carbocycles. The van der Waals surface area contributed by atoms with Gasteiger partial charge in [-0.25, -0.2) is 0 Å². The Balaban J connectivity index is 2.33. The van der Waals surface area contributed by atoms with Crippen molar-refractivity contribution < 1.29 is 14.5 Å². The third-order valence-electron chi connectivity index (χ3n) is 3.37. The first kappa shape index (κ1) is 16.4. The summed E-state index contributed by atoms with van der Waals surface area (Å²) in [6, 6.07) is 14.0. The number of Topliss-reactive ketones (excluding diaryl/α,β-unsaturated/α-hetero) is 1. The molecule has 118 valence electrons. The van der Waals surface area contributed by atoms with Crippen LogP contribution < -0.4 is 5.32 Å². The molecule has 2 aromatic rings. The first-order valence-corrected chi connectivity index (χ1v) is 7.07. The van der Waals surface area contributed by atoms with Crippen molar-refractivity contribution in [1.82, 2.24) is 5.32 Å².